The highest BCUT2D eigenvalue weighted by atomic mass is 16.5. The Balaban J connectivity index is 1.37. The van der Waals surface area contributed by atoms with Crippen molar-refractivity contribution in [1.29, 1.82) is 0 Å². The third kappa shape index (κ3) is 3.61. The van der Waals surface area contributed by atoms with Crippen LogP contribution in [0.25, 0.3) is 10.9 Å². The number of benzene rings is 1. The Morgan fingerprint density at radius 2 is 1.84 bits per heavy atom. The fraction of sp³-hybridized carbons (Fsp3) is 0.500. The van der Waals surface area contributed by atoms with E-state index in [0.29, 0.717) is 31.5 Å². The predicted octanol–water partition coefficient (Wildman–Crippen LogP) is 2.70. The van der Waals surface area contributed by atoms with Gasteiger partial charge in [0, 0.05) is 49.9 Å². The average Bonchev–Trinajstić information content (AvgIpc) is 2.69. The van der Waals surface area contributed by atoms with Crippen LogP contribution < -0.4 is 4.90 Å². The van der Waals surface area contributed by atoms with Crippen LogP contribution in [0.15, 0.2) is 36.5 Å². The van der Waals surface area contributed by atoms with E-state index >= 15 is 0 Å². The third-order valence-corrected chi connectivity index (χ3v) is 5.41. The highest BCUT2D eigenvalue weighted by Gasteiger charge is 2.25. The van der Waals surface area contributed by atoms with Crippen LogP contribution >= 0.6 is 0 Å². The number of piperidine rings is 1. The van der Waals surface area contributed by atoms with Crippen molar-refractivity contribution in [1.82, 2.24) is 9.88 Å². The third-order valence-electron chi connectivity index (χ3n) is 5.41. The molecule has 0 unspecified atom stereocenters. The van der Waals surface area contributed by atoms with E-state index in [1.165, 1.54) is 11.1 Å². The molecule has 2 aliphatic rings. The van der Waals surface area contributed by atoms with Gasteiger partial charge in [0.1, 0.15) is 0 Å². The second-order valence-electron chi connectivity index (χ2n) is 6.97. The highest BCUT2D eigenvalue weighted by molar-refractivity contribution is 5.91. The van der Waals surface area contributed by atoms with Gasteiger partial charge in [-0.25, -0.2) is 0 Å². The molecule has 1 aromatic carbocycles. The lowest BCUT2D eigenvalue weighted by Crippen LogP contribution is -2.42. The number of anilines is 1. The van der Waals surface area contributed by atoms with Gasteiger partial charge in [0.05, 0.1) is 18.7 Å². The number of morpholine rings is 1. The summed E-state index contributed by atoms with van der Waals surface area (Å²) in [4.78, 5) is 21.3. The number of rotatable bonds is 3. The van der Waals surface area contributed by atoms with Crippen LogP contribution in [0, 0.1) is 5.92 Å². The van der Waals surface area contributed by atoms with Gasteiger partial charge in [-0.15, -0.1) is 0 Å². The highest BCUT2D eigenvalue weighted by Crippen LogP contribution is 2.30. The summed E-state index contributed by atoms with van der Waals surface area (Å²) in [6.07, 6.45) is 4.73. The van der Waals surface area contributed by atoms with Gasteiger partial charge in [0.25, 0.3) is 0 Å². The number of amides is 1. The molecule has 2 aliphatic heterocycles. The molecule has 1 amide bonds. The molecule has 2 saturated heterocycles. The monoisotopic (exact) mass is 339 g/mol. The normalized spacial score (nSPS) is 19.4. The number of fused-ring (bicyclic) bond motifs is 1. The first kappa shape index (κ1) is 16.3. The van der Waals surface area contributed by atoms with Gasteiger partial charge in [-0.05, 0) is 30.9 Å². The second-order valence-corrected chi connectivity index (χ2v) is 6.97. The van der Waals surface area contributed by atoms with E-state index in [1.54, 1.807) is 0 Å². The molecule has 0 bridgehead atoms. The molecule has 0 radical (unpaired) electrons. The Morgan fingerprint density at radius 3 is 2.64 bits per heavy atom. The zero-order valence-electron chi connectivity index (χ0n) is 14.6. The SMILES string of the molecule is O=C(CC1CCN(c2ccnc3ccccc23)CC1)N1CCOCC1. The Bertz CT molecular complexity index is 729. The quantitative estimate of drug-likeness (QED) is 0.862. The average molecular weight is 339 g/mol. The molecule has 5 heteroatoms. The van der Waals surface area contributed by atoms with Gasteiger partial charge in [-0.1, -0.05) is 18.2 Å². The Labute approximate surface area is 148 Å². The largest absolute Gasteiger partial charge is 0.378 e. The van der Waals surface area contributed by atoms with E-state index in [4.69, 9.17) is 4.74 Å². The van der Waals surface area contributed by atoms with Crippen molar-refractivity contribution < 1.29 is 9.53 Å². The fourth-order valence-corrected chi connectivity index (χ4v) is 3.92. The molecule has 1 aromatic heterocycles. The summed E-state index contributed by atoms with van der Waals surface area (Å²) in [5, 5.41) is 1.22. The maximum absolute atomic E-state index is 12.4. The summed E-state index contributed by atoms with van der Waals surface area (Å²) < 4.78 is 5.33. The zero-order chi connectivity index (χ0) is 17.1. The lowest BCUT2D eigenvalue weighted by molar-refractivity contribution is -0.136. The van der Waals surface area contributed by atoms with Gasteiger partial charge in [0.2, 0.25) is 5.91 Å². The van der Waals surface area contributed by atoms with Crippen LogP contribution in [0.4, 0.5) is 5.69 Å². The lowest BCUT2D eigenvalue weighted by atomic mass is 9.92. The molecule has 0 aliphatic carbocycles. The van der Waals surface area contributed by atoms with E-state index in [0.717, 1.165) is 44.5 Å². The molecule has 4 rings (SSSR count). The fourth-order valence-electron chi connectivity index (χ4n) is 3.92. The first-order chi connectivity index (χ1) is 12.3. The molecule has 25 heavy (non-hydrogen) atoms. The van der Waals surface area contributed by atoms with Crippen LogP contribution in [-0.4, -0.2) is 55.2 Å². The first-order valence-corrected chi connectivity index (χ1v) is 9.25. The maximum atomic E-state index is 12.4. The van der Waals surface area contributed by atoms with Gasteiger partial charge in [-0.3, -0.25) is 9.78 Å². The first-order valence-electron chi connectivity index (χ1n) is 9.25. The molecular weight excluding hydrogens is 314 g/mol. The molecular formula is C20H25N3O2. The van der Waals surface area contributed by atoms with Crippen molar-refractivity contribution in [2.45, 2.75) is 19.3 Å². The van der Waals surface area contributed by atoms with Crippen molar-refractivity contribution in [3.63, 3.8) is 0 Å². The number of ether oxygens (including phenoxy) is 1. The Morgan fingerprint density at radius 1 is 1.08 bits per heavy atom. The molecule has 5 nitrogen and oxygen atoms in total. The van der Waals surface area contributed by atoms with Crippen LogP contribution in [0.3, 0.4) is 0 Å². The molecule has 2 fully saturated rings. The number of pyridine rings is 1. The van der Waals surface area contributed by atoms with Crippen LogP contribution in [-0.2, 0) is 9.53 Å². The molecule has 132 valence electrons. The van der Waals surface area contributed by atoms with Crippen molar-refractivity contribution in [2.75, 3.05) is 44.3 Å². The van der Waals surface area contributed by atoms with Gasteiger partial charge < -0.3 is 14.5 Å². The molecule has 2 aromatic rings. The topological polar surface area (TPSA) is 45.7 Å². The van der Waals surface area contributed by atoms with Gasteiger partial charge >= 0.3 is 0 Å². The van der Waals surface area contributed by atoms with Gasteiger partial charge in [0.15, 0.2) is 0 Å². The standard InChI is InChI=1S/C20H25N3O2/c24-20(23-11-13-25-14-12-23)15-16-6-9-22(10-7-16)19-5-8-21-18-4-2-1-3-17(18)19/h1-5,8,16H,6-7,9-15H2. The second kappa shape index (κ2) is 7.40. The van der Waals surface area contributed by atoms with E-state index in [1.807, 2.05) is 17.2 Å². The van der Waals surface area contributed by atoms with Crippen molar-refractivity contribution >= 4 is 22.5 Å². The molecule has 0 saturated carbocycles. The summed E-state index contributed by atoms with van der Waals surface area (Å²) in [7, 11) is 0. The predicted molar refractivity (Wildman–Crippen MR) is 98.7 cm³/mol. The minimum atomic E-state index is 0.302. The maximum Gasteiger partial charge on any atom is 0.223 e. The summed E-state index contributed by atoms with van der Waals surface area (Å²) >= 11 is 0. The number of nitrogens with zero attached hydrogens (tertiary/aromatic N) is 3. The van der Waals surface area contributed by atoms with Gasteiger partial charge in [-0.2, -0.15) is 0 Å². The molecule has 0 N–H and O–H groups in total. The van der Waals surface area contributed by atoms with Crippen LogP contribution in [0.1, 0.15) is 19.3 Å². The van der Waals surface area contributed by atoms with Crippen molar-refractivity contribution in [3.8, 4) is 0 Å². The number of hydrogen-bond acceptors (Lipinski definition) is 4. The van der Waals surface area contributed by atoms with E-state index < -0.39 is 0 Å². The Kier molecular flexibility index (Phi) is 4.83. The van der Waals surface area contributed by atoms with E-state index in [-0.39, 0.29) is 0 Å². The zero-order valence-corrected chi connectivity index (χ0v) is 14.6. The Hall–Kier alpha value is -2.14. The number of aromatic nitrogens is 1. The summed E-state index contributed by atoms with van der Waals surface area (Å²) in [5.74, 6) is 0.802. The lowest BCUT2D eigenvalue weighted by Gasteiger charge is -2.35. The number of carbonyl (C=O) groups excluding carboxylic acids is 1. The van der Waals surface area contributed by atoms with E-state index in [2.05, 4.69) is 34.1 Å². The smallest absolute Gasteiger partial charge is 0.223 e. The minimum Gasteiger partial charge on any atom is -0.378 e. The van der Waals surface area contributed by atoms with Crippen LogP contribution in [0.2, 0.25) is 0 Å². The summed E-state index contributed by atoms with van der Waals surface area (Å²) in [5.41, 5.74) is 2.31. The molecule has 3 heterocycles. The summed E-state index contributed by atoms with van der Waals surface area (Å²) in [6.45, 7) is 4.88. The minimum absolute atomic E-state index is 0.302. The molecule has 0 atom stereocenters. The number of carbonyl (C=O) groups is 1. The summed E-state index contributed by atoms with van der Waals surface area (Å²) in [6, 6.07) is 10.4. The van der Waals surface area contributed by atoms with Crippen LogP contribution in [0.5, 0.6) is 0 Å². The molecule has 0 spiro atoms. The van der Waals surface area contributed by atoms with Crippen molar-refractivity contribution in [2.24, 2.45) is 5.92 Å². The van der Waals surface area contributed by atoms with Crippen molar-refractivity contribution in [3.05, 3.63) is 36.5 Å². The van der Waals surface area contributed by atoms with E-state index in [9.17, 15) is 4.79 Å². The number of hydrogen-bond donors (Lipinski definition) is 0. The number of para-hydroxylation sites is 1.